The van der Waals surface area contributed by atoms with Crippen molar-refractivity contribution in [3.63, 3.8) is 0 Å². The van der Waals surface area contributed by atoms with Crippen LogP contribution in [0, 0.1) is 5.82 Å². The molecule has 0 radical (unpaired) electrons. The number of hydrogen-bond acceptors (Lipinski definition) is 5. The summed E-state index contributed by atoms with van der Waals surface area (Å²) in [5.74, 6) is -2.81. The van der Waals surface area contributed by atoms with Crippen LogP contribution in [0.1, 0.15) is 46.7 Å². The maximum atomic E-state index is 14.0. The molecule has 1 aliphatic rings. The van der Waals surface area contributed by atoms with Crippen molar-refractivity contribution in [3.05, 3.63) is 62.3 Å². The predicted octanol–water partition coefficient (Wildman–Crippen LogP) is 2.06. The van der Waals surface area contributed by atoms with Gasteiger partial charge in [-0.05, 0) is 19.4 Å². The Hall–Kier alpha value is -3.07. The Morgan fingerprint density at radius 3 is 2.73 bits per heavy atom. The molecule has 0 aliphatic carbocycles. The number of aromatic hydroxyl groups is 1. The number of carbonyl (C=O) groups is 2. The van der Waals surface area contributed by atoms with Crippen molar-refractivity contribution < 1.29 is 19.1 Å². The maximum absolute atomic E-state index is 14.0. The molecule has 0 saturated heterocycles. The van der Waals surface area contributed by atoms with Gasteiger partial charge in [0, 0.05) is 31.4 Å². The Bertz CT molecular complexity index is 1070. The Labute approximate surface area is 177 Å². The number of amides is 2. The first-order valence-electron chi connectivity index (χ1n) is 9.39. The van der Waals surface area contributed by atoms with Crippen LogP contribution in [0.2, 0.25) is 5.02 Å². The maximum Gasteiger partial charge on any atom is 0.277 e. The van der Waals surface area contributed by atoms with E-state index in [1.807, 2.05) is 13.8 Å². The molecule has 0 spiro atoms. The van der Waals surface area contributed by atoms with Crippen LogP contribution in [-0.2, 0) is 6.54 Å². The fourth-order valence-electron chi connectivity index (χ4n) is 3.20. The van der Waals surface area contributed by atoms with Gasteiger partial charge in [0.05, 0.1) is 5.02 Å². The summed E-state index contributed by atoms with van der Waals surface area (Å²) in [6.45, 7) is 3.89. The number of nitrogens with one attached hydrogen (secondary N) is 1. The van der Waals surface area contributed by atoms with Gasteiger partial charge in [-0.3, -0.25) is 24.1 Å². The number of benzene rings is 1. The second-order valence-corrected chi connectivity index (χ2v) is 7.56. The molecule has 2 N–H and O–H groups in total. The largest absolute Gasteiger partial charge is 0.502 e. The standard InChI is InChI=1S/C20H22ClFN4O4/c1-4-11(2)26-10-24(3)20(30)16-18(28)17(27)13(9-25(16)26)19(29)23-8-12-6-5-7-14(21)15(12)22/h5-7,9,11,28H,4,8,10H2,1-3H3,(H,23,29)/t11-/m1/s1. The Kier molecular flexibility index (Phi) is 6.02. The molecule has 160 valence electrons. The normalized spacial score (nSPS) is 14.5. The molecule has 30 heavy (non-hydrogen) atoms. The van der Waals surface area contributed by atoms with Crippen molar-refractivity contribution >= 4 is 23.4 Å². The molecule has 0 saturated carbocycles. The quantitative estimate of drug-likeness (QED) is 0.748. The molecule has 8 nitrogen and oxygen atoms in total. The van der Waals surface area contributed by atoms with E-state index >= 15 is 0 Å². The van der Waals surface area contributed by atoms with Gasteiger partial charge < -0.3 is 15.3 Å². The highest BCUT2D eigenvalue weighted by atomic mass is 35.5. The molecular formula is C20H22ClFN4O4. The van der Waals surface area contributed by atoms with Crippen LogP contribution in [-0.4, -0.2) is 46.3 Å². The molecule has 1 aromatic heterocycles. The summed E-state index contributed by atoms with van der Waals surface area (Å²) in [6.07, 6.45) is 1.96. The first-order valence-corrected chi connectivity index (χ1v) is 9.77. The topological polar surface area (TPSA) is 94.9 Å². The summed E-state index contributed by atoms with van der Waals surface area (Å²) >= 11 is 5.74. The van der Waals surface area contributed by atoms with E-state index in [-0.39, 0.29) is 41.1 Å². The van der Waals surface area contributed by atoms with Gasteiger partial charge >= 0.3 is 0 Å². The Morgan fingerprint density at radius 1 is 1.37 bits per heavy atom. The van der Waals surface area contributed by atoms with E-state index < -0.39 is 28.8 Å². The second-order valence-electron chi connectivity index (χ2n) is 7.15. The van der Waals surface area contributed by atoms with Crippen molar-refractivity contribution in [2.75, 3.05) is 18.7 Å². The molecule has 0 fully saturated rings. The molecule has 10 heteroatoms. The zero-order valence-electron chi connectivity index (χ0n) is 16.8. The van der Waals surface area contributed by atoms with Crippen molar-refractivity contribution in [2.45, 2.75) is 32.9 Å². The number of halogens is 2. The first kappa shape index (κ1) is 21.6. The molecule has 2 heterocycles. The SMILES string of the molecule is CC[C@@H](C)N1CN(C)C(=O)c2c(O)c(=O)c(C(=O)NCc3cccc(Cl)c3F)cn21. The van der Waals surface area contributed by atoms with E-state index in [2.05, 4.69) is 5.32 Å². The summed E-state index contributed by atoms with van der Waals surface area (Å²) in [4.78, 5) is 39.2. The van der Waals surface area contributed by atoms with Gasteiger partial charge in [-0.25, -0.2) is 4.39 Å². The first-order chi connectivity index (χ1) is 14.2. The number of carbonyl (C=O) groups excluding carboxylic acids is 2. The Morgan fingerprint density at radius 2 is 2.07 bits per heavy atom. The molecule has 1 aromatic carbocycles. The second kappa shape index (κ2) is 8.35. The van der Waals surface area contributed by atoms with Crippen LogP contribution in [0.3, 0.4) is 0 Å². The van der Waals surface area contributed by atoms with Gasteiger partial charge in [0.25, 0.3) is 11.8 Å². The number of rotatable bonds is 5. The van der Waals surface area contributed by atoms with E-state index in [0.29, 0.717) is 0 Å². The van der Waals surface area contributed by atoms with Crippen LogP contribution in [0.4, 0.5) is 4.39 Å². The minimum absolute atomic E-state index is 0.0438. The van der Waals surface area contributed by atoms with Crippen molar-refractivity contribution in [1.82, 2.24) is 14.9 Å². The molecule has 1 atom stereocenters. The monoisotopic (exact) mass is 436 g/mol. The van der Waals surface area contributed by atoms with Crippen LogP contribution < -0.4 is 15.8 Å². The highest BCUT2D eigenvalue weighted by Crippen LogP contribution is 2.22. The van der Waals surface area contributed by atoms with E-state index in [9.17, 15) is 23.9 Å². The lowest BCUT2D eigenvalue weighted by Crippen LogP contribution is -2.56. The lowest BCUT2D eigenvalue weighted by Gasteiger charge is -2.41. The van der Waals surface area contributed by atoms with Gasteiger partial charge in [0.15, 0.2) is 11.4 Å². The van der Waals surface area contributed by atoms with Crippen LogP contribution in [0.5, 0.6) is 5.75 Å². The van der Waals surface area contributed by atoms with Crippen molar-refractivity contribution in [2.24, 2.45) is 0 Å². The van der Waals surface area contributed by atoms with Gasteiger partial charge in [-0.2, -0.15) is 0 Å². The molecule has 0 unspecified atom stereocenters. The van der Waals surface area contributed by atoms with E-state index in [0.717, 1.165) is 6.42 Å². The minimum Gasteiger partial charge on any atom is -0.502 e. The fourth-order valence-corrected chi connectivity index (χ4v) is 3.40. The van der Waals surface area contributed by atoms with E-state index in [4.69, 9.17) is 11.6 Å². The third-order valence-corrected chi connectivity index (χ3v) is 5.45. The summed E-state index contributed by atoms with van der Waals surface area (Å²) < 4.78 is 15.4. The lowest BCUT2D eigenvalue weighted by atomic mass is 10.1. The number of nitrogens with zero attached hydrogens (tertiary/aromatic N) is 3. The van der Waals surface area contributed by atoms with Gasteiger partial charge in [0.2, 0.25) is 5.43 Å². The van der Waals surface area contributed by atoms with Crippen LogP contribution >= 0.6 is 11.6 Å². The van der Waals surface area contributed by atoms with Crippen molar-refractivity contribution in [3.8, 4) is 5.75 Å². The van der Waals surface area contributed by atoms with Crippen LogP contribution in [0.15, 0.2) is 29.2 Å². The molecule has 3 rings (SSSR count). The molecular weight excluding hydrogens is 415 g/mol. The number of aromatic nitrogens is 1. The summed E-state index contributed by atoms with van der Waals surface area (Å²) in [5.41, 5.74) is -1.38. The van der Waals surface area contributed by atoms with E-state index in [1.165, 1.54) is 27.9 Å². The third-order valence-electron chi connectivity index (χ3n) is 5.16. The zero-order chi connectivity index (χ0) is 22.2. The highest BCUT2D eigenvalue weighted by Gasteiger charge is 2.34. The molecule has 2 aromatic rings. The summed E-state index contributed by atoms with van der Waals surface area (Å²) in [6, 6.07) is 4.34. The number of hydrogen-bond donors (Lipinski definition) is 2. The van der Waals surface area contributed by atoms with Gasteiger partial charge in [-0.15, -0.1) is 0 Å². The molecule has 2 amide bonds. The predicted molar refractivity (Wildman–Crippen MR) is 110 cm³/mol. The highest BCUT2D eigenvalue weighted by molar-refractivity contribution is 6.30. The Balaban J connectivity index is 1.99. The number of pyridine rings is 1. The third kappa shape index (κ3) is 3.72. The minimum atomic E-state index is -0.974. The van der Waals surface area contributed by atoms with Gasteiger partial charge in [-0.1, -0.05) is 30.7 Å². The molecule has 0 bridgehead atoms. The zero-order valence-corrected chi connectivity index (χ0v) is 17.5. The molecule has 1 aliphatic heterocycles. The van der Waals surface area contributed by atoms with Crippen molar-refractivity contribution in [1.29, 1.82) is 0 Å². The summed E-state index contributed by atoms with van der Waals surface area (Å²) in [5, 5.41) is 14.6. The average Bonchev–Trinajstić information content (AvgIpc) is 2.72. The summed E-state index contributed by atoms with van der Waals surface area (Å²) in [7, 11) is 1.56. The van der Waals surface area contributed by atoms with Gasteiger partial charge in [0.1, 0.15) is 18.0 Å². The van der Waals surface area contributed by atoms with Crippen LogP contribution in [0.25, 0.3) is 0 Å². The number of fused-ring (bicyclic) bond motifs is 1. The van der Waals surface area contributed by atoms with E-state index in [1.54, 1.807) is 18.1 Å². The average molecular weight is 437 g/mol. The smallest absolute Gasteiger partial charge is 0.277 e. The lowest BCUT2D eigenvalue weighted by molar-refractivity contribution is 0.0722. The fraction of sp³-hybridized carbons (Fsp3) is 0.350.